The van der Waals surface area contributed by atoms with Gasteiger partial charge in [-0.25, -0.2) is 0 Å². The smallest absolute Gasteiger partial charge is 0.224 e. The fourth-order valence-corrected chi connectivity index (χ4v) is 3.52. The Kier molecular flexibility index (Phi) is 4.60. The lowest BCUT2D eigenvalue weighted by atomic mass is 9.93. The lowest BCUT2D eigenvalue weighted by molar-refractivity contribution is -0.116. The van der Waals surface area contributed by atoms with E-state index in [0.717, 1.165) is 22.5 Å². The predicted molar refractivity (Wildman–Crippen MR) is 105 cm³/mol. The maximum absolute atomic E-state index is 11.9. The number of hydrogen-bond acceptors (Lipinski definition) is 4. The molecule has 27 heavy (non-hydrogen) atoms. The number of aromatic hydroxyl groups is 1. The fraction of sp³-hybridized carbons (Fsp3) is 0.182. The number of carbonyl (C=O) groups is 1. The second-order valence-electron chi connectivity index (χ2n) is 6.78. The van der Waals surface area contributed by atoms with E-state index in [1.807, 2.05) is 42.5 Å². The Bertz CT molecular complexity index is 986. The summed E-state index contributed by atoms with van der Waals surface area (Å²) in [7, 11) is 0. The molecule has 2 heterocycles. The molecule has 2 aromatic carbocycles. The SMILES string of the molecule is NC(Cc1ccccc1)c1nc(-c2ccccc2O)cc2c1CCC(=O)N2. The summed E-state index contributed by atoms with van der Waals surface area (Å²) in [6, 6.07) is 18.6. The van der Waals surface area contributed by atoms with Crippen molar-refractivity contribution in [1.82, 2.24) is 4.98 Å². The summed E-state index contributed by atoms with van der Waals surface area (Å²) in [6.45, 7) is 0. The van der Waals surface area contributed by atoms with Gasteiger partial charge in [0.1, 0.15) is 5.75 Å². The van der Waals surface area contributed by atoms with Crippen LogP contribution in [0.5, 0.6) is 5.75 Å². The number of benzene rings is 2. The van der Waals surface area contributed by atoms with E-state index in [1.165, 1.54) is 0 Å². The van der Waals surface area contributed by atoms with Gasteiger partial charge in [-0.05, 0) is 42.2 Å². The van der Waals surface area contributed by atoms with Crippen LogP contribution in [0.15, 0.2) is 60.7 Å². The first-order valence-corrected chi connectivity index (χ1v) is 9.03. The van der Waals surface area contributed by atoms with E-state index >= 15 is 0 Å². The molecule has 0 radical (unpaired) electrons. The molecule has 1 atom stereocenters. The van der Waals surface area contributed by atoms with Crippen molar-refractivity contribution in [2.75, 3.05) is 5.32 Å². The Hall–Kier alpha value is -3.18. The largest absolute Gasteiger partial charge is 0.507 e. The summed E-state index contributed by atoms with van der Waals surface area (Å²) >= 11 is 0. The molecule has 0 saturated carbocycles. The van der Waals surface area contributed by atoms with Gasteiger partial charge in [-0.2, -0.15) is 0 Å². The van der Waals surface area contributed by atoms with Crippen LogP contribution in [0.3, 0.4) is 0 Å². The van der Waals surface area contributed by atoms with Crippen molar-refractivity contribution in [3.63, 3.8) is 0 Å². The Balaban J connectivity index is 1.79. The molecule has 1 amide bonds. The van der Waals surface area contributed by atoms with Gasteiger partial charge in [-0.3, -0.25) is 9.78 Å². The molecular formula is C22H21N3O2. The summed E-state index contributed by atoms with van der Waals surface area (Å²) in [5.74, 6) is 0.134. The Morgan fingerprint density at radius 1 is 1.07 bits per heavy atom. The molecule has 1 aromatic heterocycles. The van der Waals surface area contributed by atoms with Gasteiger partial charge in [0, 0.05) is 17.7 Å². The molecule has 0 aliphatic carbocycles. The second-order valence-corrected chi connectivity index (χ2v) is 6.78. The van der Waals surface area contributed by atoms with Gasteiger partial charge < -0.3 is 16.2 Å². The summed E-state index contributed by atoms with van der Waals surface area (Å²) in [4.78, 5) is 16.7. The Morgan fingerprint density at radius 2 is 1.81 bits per heavy atom. The summed E-state index contributed by atoms with van der Waals surface area (Å²) in [6.07, 6.45) is 1.70. The first kappa shape index (κ1) is 17.2. The summed E-state index contributed by atoms with van der Waals surface area (Å²) in [5, 5.41) is 13.2. The van der Waals surface area contributed by atoms with Gasteiger partial charge in [-0.15, -0.1) is 0 Å². The van der Waals surface area contributed by atoms with Crippen molar-refractivity contribution in [3.05, 3.63) is 77.5 Å². The molecule has 1 unspecified atom stereocenters. The number of rotatable bonds is 4. The zero-order valence-corrected chi connectivity index (χ0v) is 14.9. The first-order valence-electron chi connectivity index (χ1n) is 9.03. The predicted octanol–water partition coefficient (Wildman–Crippen LogP) is 3.58. The third kappa shape index (κ3) is 3.55. The number of hydrogen-bond donors (Lipinski definition) is 3. The van der Waals surface area contributed by atoms with Crippen molar-refractivity contribution in [2.24, 2.45) is 5.73 Å². The number of phenols is 1. The van der Waals surface area contributed by atoms with E-state index in [4.69, 9.17) is 10.7 Å². The van der Waals surface area contributed by atoms with Crippen LogP contribution in [0.25, 0.3) is 11.3 Å². The second kappa shape index (κ2) is 7.21. The molecule has 0 spiro atoms. The van der Waals surface area contributed by atoms with Crippen LogP contribution in [0.2, 0.25) is 0 Å². The fourth-order valence-electron chi connectivity index (χ4n) is 3.52. The van der Waals surface area contributed by atoms with E-state index in [0.29, 0.717) is 30.5 Å². The molecule has 0 fully saturated rings. The van der Waals surface area contributed by atoms with Gasteiger partial charge >= 0.3 is 0 Å². The van der Waals surface area contributed by atoms with Crippen LogP contribution in [0, 0.1) is 0 Å². The van der Waals surface area contributed by atoms with Crippen molar-refractivity contribution in [2.45, 2.75) is 25.3 Å². The average molecular weight is 359 g/mol. The summed E-state index contributed by atoms with van der Waals surface area (Å²) < 4.78 is 0. The van der Waals surface area contributed by atoms with Crippen molar-refractivity contribution in [1.29, 1.82) is 0 Å². The van der Waals surface area contributed by atoms with Crippen LogP contribution in [-0.2, 0) is 17.6 Å². The quantitative estimate of drug-likeness (QED) is 0.664. The lowest BCUT2D eigenvalue weighted by Crippen LogP contribution is -2.24. The van der Waals surface area contributed by atoms with E-state index in [-0.39, 0.29) is 17.7 Å². The number of carbonyl (C=O) groups excluding carboxylic acids is 1. The molecule has 4 N–H and O–H groups in total. The number of aromatic nitrogens is 1. The molecule has 0 bridgehead atoms. The monoisotopic (exact) mass is 359 g/mol. The van der Waals surface area contributed by atoms with Gasteiger partial charge in [0.05, 0.1) is 17.4 Å². The summed E-state index contributed by atoms with van der Waals surface area (Å²) in [5.41, 5.74) is 11.4. The van der Waals surface area contributed by atoms with Gasteiger partial charge in [0.15, 0.2) is 0 Å². The number of fused-ring (bicyclic) bond motifs is 1. The first-order chi connectivity index (χ1) is 13.1. The molecular weight excluding hydrogens is 338 g/mol. The zero-order chi connectivity index (χ0) is 18.8. The number of nitrogens with one attached hydrogen (secondary N) is 1. The van der Waals surface area contributed by atoms with Crippen LogP contribution in [0.1, 0.15) is 29.3 Å². The highest BCUT2D eigenvalue weighted by Crippen LogP contribution is 2.35. The minimum absolute atomic E-state index is 0.0143. The van der Waals surface area contributed by atoms with Gasteiger partial charge in [0.25, 0.3) is 0 Å². The number of pyridine rings is 1. The Morgan fingerprint density at radius 3 is 2.59 bits per heavy atom. The third-order valence-electron chi connectivity index (χ3n) is 4.86. The van der Waals surface area contributed by atoms with Crippen molar-refractivity contribution >= 4 is 11.6 Å². The average Bonchev–Trinajstić information content (AvgIpc) is 2.68. The van der Waals surface area contributed by atoms with Crippen LogP contribution in [0.4, 0.5) is 5.69 Å². The standard InChI is InChI=1S/C22H21N3O2/c23-17(12-14-6-2-1-3-7-14)22-16-10-11-21(27)24-19(16)13-18(25-22)15-8-4-5-9-20(15)26/h1-9,13,17,26H,10-12,23H2,(H,24,27). The lowest BCUT2D eigenvalue weighted by Gasteiger charge is -2.24. The number of phenolic OH excluding ortho intramolecular Hbond substituents is 1. The topological polar surface area (TPSA) is 88.2 Å². The molecule has 5 heteroatoms. The number of amides is 1. The maximum Gasteiger partial charge on any atom is 0.224 e. The molecule has 5 nitrogen and oxygen atoms in total. The van der Waals surface area contributed by atoms with Crippen LogP contribution in [-0.4, -0.2) is 16.0 Å². The van der Waals surface area contributed by atoms with Crippen molar-refractivity contribution < 1.29 is 9.90 Å². The number of para-hydroxylation sites is 1. The van der Waals surface area contributed by atoms with Gasteiger partial charge in [0.2, 0.25) is 5.91 Å². The highest BCUT2D eigenvalue weighted by molar-refractivity contribution is 5.95. The van der Waals surface area contributed by atoms with E-state index < -0.39 is 0 Å². The normalized spacial score (nSPS) is 14.3. The number of nitrogens with zero attached hydrogens (tertiary/aromatic N) is 1. The minimum Gasteiger partial charge on any atom is -0.507 e. The molecule has 1 aliphatic heterocycles. The van der Waals surface area contributed by atoms with E-state index in [1.54, 1.807) is 18.2 Å². The molecule has 1 aliphatic rings. The molecule has 4 rings (SSSR count). The molecule has 136 valence electrons. The highest BCUT2D eigenvalue weighted by atomic mass is 16.3. The van der Waals surface area contributed by atoms with Crippen molar-refractivity contribution in [3.8, 4) is 17.0 Å². The zero-order valence-electron chi connectivity index (χ0n) is 14.9. The van der Waals surface area contributed by atoms with Crippen LogP contribution < -0.4 is 11.1 Å². The highest BCUT2D eigenvalue weighted by Gasteiger charge is 2.24. The number of anilines is 1. The van der Waals surface area contributed by atoms with E-state index in [9.17, 15) is 9.90 Å². The van der Waals surface area contributed by atoms with Crippen LogP contribution >= 0.6 is 0 Å². The van der Waals surface area contributed by atoms with E-state index in [2.05, 4.69) is 5.32 Å². The molecule has 0 saturated heterocycles. The minimum atomic E-state index is -0.304. The Labute approximate surface area is 157 Å². The maximum atomic E-state index is 11.9. The third-order valence-corrected chi connectivity index (χ3v) is 4.86. The number of nitrogens with two attached hydrogens (primary N) is 1. The molecule has 3 aromatic rings. The van der Waals surface area contributed by atoms with Gasteiger partial charge in [-0.1, -0.05) is 42.5 Å².